The van der Waals surface area contributed by atoms with Gasteiger partial charge in [-0.3, -0.25) is 4.79 Å². The fourth-order valence-corrected chi connectivity index (χ4v) is 2.61. The van der Waals surface area contributed by atoms with Crippen molar-refractivity contribution in [2.75, 3.05) is 6.61 Å². The van der Waals surface area contributed by atoms with E-state index >= 15 is 0 Å². The SMILES string of the molecule is CCOc1ccccc1CC1(CC)CCC(=O)N1. The van der Waals surface area contributed by atoms with E-state index < -0.39 is 0 Å². The molecule has 1 amide bonds. The maximum Gasteiger partial charge on any atom is 0.220 e. The highest BCUT2D eigenvalue weighted by atomic mass is 16.5. The molecule has 1 heterocycles. The number of benzene rings is 1. The number of nitrogens with one attached hydrogen (secondary N) is 1. The first-order chi connectivity index (χ1) is 8.69. The first kappa shape index (κ1) is 12.9. The van der Waals surface area contributed by atoms with Crippen LogP contribution in [0.3, 0.4) is 0 Å². The van der Waals surface area contributed by atoms with E-state index in [2.05, 4.69) is 18.3 Å². The summed E-state index contributed by atoms with van der Waals surface area (Å²) in [5, 5.41) is 3.14. The van der Waals surface area contributed by atoms with E-state index in [0.717, 1.165) is 25.0 Å². The number of hydrogen-bond acceptors (Lipinski definition) is 2. The van der Waals surface area contributed by atoms with Crippen molar-refractivity contribution in [2.45, 2.75) is 45.1 Å². The zero-order valence-electron chi connectivity index (χ0n) is 11.2. The van der Waals surface area contributed by atoms with Crippen molar-refractivity contribution in [1.29, 1.82) is 0 Å². The Balaban J connectivity index is 2.19. The first-order valence-corrected chi connectivity index (χ1v) is 6.71. The molecule has 2 rings (SSSR count). The molecule has 1 aromatic carbocycles. The second-order valence-corrected chi connectivity index (χ2v) is 4.90. The molecule has 1 unspecified atom stereocenters. The molecule has 0 aromatic heterocycles. The summed E-state index contributed by atoms with van der Waals surface area (Å²) in [6.07, 6.45) is 3.37. The summed E-state index contributed by atoms with van der Waals surface area (Å²) in [5.74, 6) is 1.11. The Labute approximate surface area is 109 Å². The van der Waals surface area contributed by atoms with Crippen molar-refractivity contribution in [3.05, 3.63) is 29.8 Å². The van der Waals surface area contributed by atoms with Crippen LogP contribution in [0.15, 0.2) is 24.3 Å². The topological polar surface area (TPSA) is 38.3 Å². The molecule has 1 saturated heterocycles. The summed E-state index contributed by atoms with van der Waals surface area (Å²) in [4.78, 5) is 11.5. The van der Waals surface area contributed by atoms with Crippen LogP contribution in [0.4, 0.5) is 0 Å². The van der Waals surface area contributed by atoms with Gasteiger partial charge in [0.15, 0.2) is 0 Å². The van der Waals surface area contributed by atoms with Gasteiger partial charge in [-0.05, 0) is 37.8 Å². The summed E-state index contributed by atoms with van der Waals surface area (Å²) in [7, 11) is 0. The number of carbonyl (C=O) groups is 1. The molecule has 98 valence electrons. The first-order valence-electron chi connectivity index (χ1n) is 6.71. The maximum atomic E-state index is 11.5. The predicted molar refractivity (Wildman–Crippen MR) is 71.7 cm³/mol. The van der Waals surface area contributed by atoms with Gasteiger partial charge in [0.05, 0.1) is 6.61 Å². The molecular weight excluding hydrogens is 226 g/mol. The average molecular weight is 247 g/mol. The molecule has 0 aliphatic carbocycles. The molecule has 0 radical (unpaired) electrons. The highest BCUT2D eigenvalue weighted by Crippen LogP contribution is 2.31. The summed E-state index contributed by atoms with van der Waals surface area (Å²) < 4.78 is 5.65. The number of rotatable bonds is 5. The number of ether oxygens (including phenoxy) is 1. The van der Waals surface area contributed by atoms with E-state index in [1.165, 1.54) is 5.56 Å². The summed E-state index contributed by atoms with van der Waals surface area (Å²) >= 11 is 0. The molecule has 1 aliphatic heterocycles. The quantitative estimate of drug-likeness (QED) is 0.868. The maximum absolute atomic E-state index is 11.5. The van der Waals surface area contributed by atoms with Gasteiger partial charge < -0.3 is 10.1 Å². The van der Waals surface area contributed by atoms with Gasteiger partial charge in [-0.2, -0.15) is 0 Å². The lowest BCUT2D eigenvalue weighted by Gasteiger charge is -2.28. The summed E-state index contributed by atoms with van der Waals surface area (Å²) in [6, 6.07) is 8.10. The van der Waals surface area contributed by atoms with Gasteiger partial charge in [-0.15, -0.1) is 0 Å². The second-order valence-electron chi connectivity index (χ2n) is 4.90. The van der Waals surface area contributed by atoms with Gasteiger partial charge >= 0.3 is 0 Å². The minimum absolute atomic E-state index is 0.0791. The minimum Gasteiger partial charge on any atom is -0.494 e. The highest BCUT2D eigenvalue weighted by molar-refractivity contribution is 5.79. The van der Waals surface area contributed by atoms with Crippen LogP contribution < -0.4 is 10.1 Å². The Morgan fingerprint density at radius 2 is 2.11 bits per heavy atom. The molecule has 1 fully saturated rings. The van der Waals surface area contributed by atoms with Crippen LogP contribution in [-0.4, -0.2) is 18.1 Å². The molecule has 1 atom stereocenters. The van der Waals surface area contributed by atoms with Crippen molar-refractivity contribution >= 4 is 5.91 Å². The van der Waals surface area contributed by atoms with E-state index in [9.17, 15) is 4.79 Å². The van der Waals surface area contributed by atoms with Crippen molar-refractivity contribution < 1.29 is 9.53 Å². The molecule has 1 N–H and O–H groups in total. The minimum atomic E-state index is -0.0791. The van der Waals surface area contributed by atoms with Gasteiger partial charge in [-0.1, -0.05) is 25.1 Å². The fraction of sp³-hybridized carbons (Fsp3) is 0.533. The van der Waals surface area contributed by atoms with Crippen LogP contribution in [0.25, 0.3) is 0 Å². The van der Waals surface area contributed by atoms with Crippen LogP contribution in [0.1, 0.15) is 38.7 Å². The summed E-state index contributed by atoms with van der Waals surface area (Å²) in [5.41, 5.74) is 1.10. The Morgan fingerprint density at radius 1 is 1.33 bits per heavy atom. The van der Waals surface area contributed by atoms with Crippen molar-refractivity contribution in [3.8, 4) is 5.75 Å². The normalized spacial score (nSPS) is 22.9. The largest absolute Gasteiger partial charge is 0.494 e. The monoisotopic (exact) mass is 247 g/mol. The number of amides is 1. The molecule has 0 saturated carbocycles. The van der Waals surface area contributed by atoms with Gasteiger partial charge in [0.2, 0.25) is 5.91 Å². The van der Waals surface area contributed by atoms with Gasteiger partial charge in [-0.25, -0.2) is 0 Å². The molecule has 3 heteroatoms. The lowest BCUT2D eigenvalue weighted by Crippen LogP contribution is -2.43. The van der Waals surface area contributed by atoms with E-state index in [0.29, 0.717) is 13.0 Å². The van der Waals surface area contributed by atoms with Crippen molar-refractivity contribution in [1.82, 2.24) is 5.32 Å². The molecule has 1 aliphatic rings. The Bertz CT molecular complexity index is 430. The highest BCUT2D eigenvalue weighted by Gasteiger charge is 2.36. The smallest absolute Gasteiger partial charge is 0.220 e. The van der Waals surface area contributed by atoms with Crippen LogP contribution in [-0.2, 0) is 11.2 Å². The van der Waals surface area contributed by atoms with Crippen LogP contribution in [0.2, 0.25) is 0 Å². The molecule has 1 aromatic rings. The van der Waals surface area contributed by atoms with Crippen molar-refractivity contribution in [2.24, 2.45) is 0 Å². The lowest BCUT2D eigenvalue weighted by atomic mass is 9.86. The molecule has 18 heavy (non-hydrogen) atoms. The molecular formula is C15H21NO2. The van der Waals surface area contributed by atoms with E-state index in [-0.39, 0.29) is 11.4 Å². The third-order valence-corrected chi connectivity index (χ3v) is 3.71. The number of hydrogen-bond donors (Lipinski definition) is 1. The molecule has 0 bridgehead atoms. The third kappa shape index (κ3) is 2.66. The van der Waals surface area contributed by atoms with E-state index in [1.54, 1.807) is 0 Å². The number of para-hydroxylation sites is 1. The standard InChI is InChI=1S/C15H21NO2/c1-3-15(10-9-14(17)16-15)11-12-7-5-6-8-13(12)18-4-2/h5-8H,3-4,9-11H2,1-2H3,(H,16,17). The molecule has 3 nitrogen and oxygen atoms in total. The summed E-state index contributed by atoms with van der Waals surface area (Å²) in [6.45, 7) is 4.79. The lowest BCUT2D eigenvalue weighted by molar-refractivity contribution is -0.119. The Kier molecular flexibility index (Phi) is 3.90. The Morgan fingerprint density at radius 3 is 2.72 bits per heavy atom. The van der Waals surface area contributed by atoms with Crippen LogP contribution in [0, 0.1) is 0 Å². The van der Waals surface area contributed by atoms with Crippen molar-refractivity contribution in [3.63, 3.8) is 0 Å². The van der Waals surface area contributed by atoms with Gasteiger partial charge in [0, 0.05) is 12.0 Å². The molecule has 0 spiro atoms. The third-order valence-electron chi connectivity index (χ3n) is 3.71. The average Bonchev–Trinajstić information content (AvgIpc) is 2.74. The zero-order valence-corrected chi connectivity index (χ0v) is 11.2. The van der Waals surface area contributed by atoms with E-state index in [1.807, 2.05) is 25.1 Å². The second kappa shape index (κ2) is 5.42. The number of carbonyl (C=O) groups excluding carboxylic acids is 1. The fourth-order valence-electron chi connectivity index (χ4n) is 2.61. The predicted octanol–water partition coefficient (Wildman–Crippen LogP) is 2.69. The van der Waals surface area contributed by atoms with Gasteiger partial charge in [0.25, 0.3) is 0 Å². The van der Waals surface area contributed by atoms with Gasteiger partial charge in [0.1, 0.15) is 5.75 Å². The van der Waals surface area contributed by atoms with E-state index in [4.69, 9.17) is 4.74 Å². The Hall–Kier alpha value is -1.51. The van der Waals surface area contributed by atoms with Crippen LogP contribution >= 0.6 is 0 Å². The van der Waals surface area contributed by atoms with Crippen LogP contribution in [0.5, 0.6) is 5.75 Å². The zero-order chi connectivity index (χ0) is 13.0.